The van der Waals surface area contributed by atoms with Crippen molar-refractivity contribution in [3.8, 4) is 11.5 Å². The molecule has 2 heterocycles. The lowest BCUT2D eigenvalue weighted by Crippen LogP contribution is -2.34. The first kappa shape index (κ1) is 25.7. The number of thiophene rings is 1. The summed E-state index contributed by atoms with van der Waals surface area (Å²) in [5, 5.41) is 4.75. The maximum Gasteiger partial charge on any atom is 0.263 e. The highest BCUT2D eigenvalue weighted by molar-refractivity contribution is 7.18. The van der Waals surface area contributed by atoms with Crippen LogP contribution in [0.15, 0.2) is 64.8 Å². The van der Waals surface area contributed by atoms with Crippen LogP contribution in [0.2, 0.25) is 0 Å². The minimum atomic E-state index is -0.766. The van der Waals surface area contributed by atoms with Crippen molar-refractivity contribution >= 4 is 33.7 Å². The molecule has 1 amide bonds. The molecule has 0 aliphatic heterocycles. The van der Waals surface area contributed by atoms with Gasteiger partial charge in [-0.05, 0) is 67.0 Å². The molecule has 9 heteroatoms. The summed E-state index contributed by atoms with van der Waals surface area (Å²) >= 11 is 1.60. The summed E-state index contributed by atoms with van der Waals surface area (Å²) in [5.41, 5.74) is 5.24. The molecule has 2 atom stereocenters. The molecular formula is C29H30N4O4S. The zero-order valence-corrected chi connectivity index (χ0v) is 22.5. The number of nitrogens with one attached hydrogen (secondary N) is 1. The van der Waals surface area contributed by atoms with Crippen molar-refractivity contribution in [2.24, 2.45) is 11.0 Å². The van der Waals surface area contributed by atoms with Crippen molar-refractivity contribution in [3.63, 3.8) is 0 Å². The molecule has 0 radical (unpaired) electrons. The standard InChI is InChI=1S/C29H30N4O4S/c1-18-9-11-22-25(13-18)38-28-26(22)29(35)33(17-30-28)19(2)27(34)32-31-15-21-10-12-23(24(14-21)36-3)37-16-20-7-5-4-6-8-20/h4-8,10,12,14-15,17-19H,9,11,13,16H2,1-3H3,(H,32,34)/b31-15-/t18-,19-/m0/s1. The Morgan fingerprint density at radius 1 is 1.26 bits per heavy atom. The lowest BCUT2D eigenvalue weighted by Gasteiger charge is -2.18. The van der Waals surface area contributed by atoms with E-state index in [0.29, 0.717) is 29.4 Å². The molecule has 4 aromatic rings. The SMILES string of the molecule is COc1cc(/C=N\NC(=O)[C@H](C)n2cnc3sc4c(c3c2=O)CC[C@H](C)C4)ccc1OCc1ccccc1. The third-order valence-electron chi connectivity index (χ3n) is 6.85. The average molecular weight is 531 g/mol. The van der Waals surface area contributed by atoms with E-state index >= 15 is 0 Å². The number of hydrogen-bond donors (Lipinski definition) is 1. The Morgan fingerprint density at radius 2 is 2.08 bits per heavy atom. The number of aromatic nitrogens is 2. The molecule has 5 rings (SSSR count). The summed E-state index contributed by atoms with van der Waals surface area (Å²) in [6.45, 7) is 4.32. The van der Waals surface area contributed by atoms with E-state index in [4.69, 9.17) is 9.47 Å². The molecule has 196 valence electrons. The third-order valence-corrected chi connectivity index (χ3v) is 8.01. The van der Waals surface area contributed by atoms with E-state index in [9.17, 15) is 9.59 Å². The van der Waals surface area contributed by atoms with Crippen molar-refractivity contribution in [1.29, 1.82) is 0 Å². The minimum Gasteiger partial charge on any atom is -0.493 e. The van der Waals surface area contributed by atoms with E-state index in [2.05, 4.69) is 22.4 Å². The molecular weight excluding hydrogens is 500 g/mol. The molecule has 1 aliphatic rings. The first-order valence-corrected chi connectivity index (χ1v) is 13.4. The number of carbonyl (C=O) groups excluding carboxylic acids is 1. The second-order valence-corrected chi connectivity index (χ2v) is 10.7. The van der Waals surface area contributed by atoms with Crippen molar-refractivity contribution in [1.82, 2.24) is 15.0 Å². The normalized spacial score (nSPS) is 15.8. The number of methoxy groups -OCH3 is 1. The van der Waals surface area contributed by atoms with Gasteiger partial charge in [-0.25, -0.2) is 10.4 Å². The van der Waals surface area contributed by atoms with Gasteiger partial charge in [0, 0.05) is 4.88 Å². The summed E-state index contributed by atoms with van der Waals surface area (Å²) in [6, 6.07) is 14.5. The zero-order chi connectivity index (χ0) is 26.6. The number of ether oxygens (including phenoxy) is 2. The van der Waals surface area contributed by atoms with Crippen LogP contribution in [0, 0.1) is 5.92 Å². The van der Waals surface area contributed by atoms with Gasteiger partial charge >= 0.3 is 0 Å². The number of benzene rings is 2. The fourth-order valence-corrected chi connectivity index (χ4v) is 5.97. The fourth-order valence-electron chi connectivity index (χ4n) is 4.63. The van der Waals surface area contributed by atoms with Crippen LogP contribution in [-0.4, -0.2) is 28.8 Å². The number of rotatable bonds is 8. The molecule has 1 aliphatic carbocycles. The highest BCUT2D eigenvalue weighted by Gasteiger charge is 2.25. The Hall–Kier alpha value is -3.98. The molecule has 2 aromatic carbocycles. The van der Waals surface area contributed by atoms with Gasteiger partial charge in [0.25, 0.3) is 11.5 Å². The van der Waals surface area contributed by atoms with Gasteiger partial charge in [-0.2, -0.15) is 5.10 Å². The molecule has 0 spiro atoms. The van der Waals surface area contributed by atoms with Crippen LogP contribution in [0.4, 0.5) is 0 Å². The van der Waals surface area contributed by atoms with E-state index < -0.39 is 11.9 Å². The maximum absolute atomic E-state index is 13.3. The Balaban J connectivity index is 1.26. The van der Waals surface area contributed by atoms with Crippen LogP contribution in [0.3, 0.4) is 0 Å². The summed E-state index contributed by atoms with van der Waals surface area (Å²) in [7, 11) is 1.57. The molecule has 0 bridgehead atoms. The highest BCUT2D eigenvalue weighted by Crippen LogP contribution is 2.35. The maximum atomic E-state index is 13.3. The van der Waals surface area contributed by atoms with E-state index in [1.807, 2.05) is 36.4 Å². The summed E-state index contributed by atoms with van der Waals surface area (Å²) in [5.74, 6) is 1.37. The Labute approximate surface area is 224 Å². The number of nitrogens with zero attached hydrogens (tertiary/aromatic N) is 3. The zero-order valence-electron chi connectivity index (χ0n) is 21.6. The number of fused-ring (bicyclic) bond motifs is 3. The van der Waals surface area contributed by atoms with Gasteiger partial charge < -0.3 is 9.47 Å². The Morgan fingerprint density at radius 3 is 2.87 bits per heavy atom. The van der Waals surface area contributed by atoms with Crippen molar-refractivity contribution < 1.29 is 14.3 Å². The largest absolute Gasteiger partial charge is 0.493 e. The van der Waals surface area contributed by atoms with E-state index in [-0.39, 0.29) is 5.56 Å². The fraction of sp³-hybridized carbons (Fsp3) is 0.310. The third kappa shape index (κ3) is 5.33. The van der Waals surface area contributed by atoms with Crippen molar-refractivity contribution in [2.75, 3.05) is 7.11 Å². The van der Waals surface area contributed by atoms with Gasteiger partial charge in [-0.15, -0.1) is 11.3 Å². The summed E-state index contributed by atoms with van der Waals surface area (Å²) in [6.07, 6.45) is 5.90. The Bertz CT molecular complexity index is 1540. The number of hydrazone groups is 1. The van der Waals surface area contributed by atoms with Gasteiger partial charge in [-0.1, -0.05) is 37.3 Å². The van der Waals surface area contributed by atoms with E-state index in [1.165, 1.54) is 22.0 Å². The molecule has 38 heavy (non-hydrogen) atoms. The van der Waals surface area contributed by atoms with E-state index in [1.54, 1.807) is 37.5 Å². The molecule has 8 nitrogen and oxygen atoms in total. The van der Waals surface area contributed by atoms with Crippen LogP contribution in [0.5, 0.6) is 11.5 Å². The first-order chi connectivity index (χ1) is 18.4. The predicted octanol–water partition coefficient (Wildman–Crippen LogP) is 4.88. The monoisotopic (exact) mass is 530 g/mol. The van der Waals surface area contributed by atoms with Gasteiger partial charge in [0.15, 0.2) is 11.5 Å². The molecule has 0 saturated carbocycles. The molecule has 1 N–H and O–H groups in total. The second-order valence-electron chi connectivity index (χ2n) is 9.58. The lowest BCUT2D eigenvalue weighted by atomic mass is 9.89. The van der Waals surface area contributed by atoms with Gasteiger partial charge in [0.05, 0.1) is 25.0 Å². The van der Waals surface area contributed by atoms with Gasteiger partial charge in [-0.3, -0.25) is 14.2 Å². The van der Waals surface area contributed by atoms with Gasteiger partial charge in [0.1, 0.15) is 17.5 Å². The second kappa shape index (κ2) is 11.2. The van der Waals surface area contributed by atoms with Crippen molar-refractivity contribution in [3.05, 3.63) is 86.8 Å². The summed E-state index contributed by atoms with van der Waals surface area (Å²) in [4.78, 5) is 32.6. The Kier molecular flexibility index (Phi) is 7.55. The smallest absolute Gasteiger partial charge is 0.263 e. The van der Waals surface area contributed by atoms with Crippen molar-refractivity contribution in [2.45, 2.75) is 45.8 Å². The number of amides is 1. The predicted molar refractivity (Wildman–Crippen MR) is 149 cm³/mol. The van der Waals surface area contributed by atoms with Crippen LogP contribution < -0.4 is 20.5 Å². The van der Waals surface area contributed by atoms with Crippen LogP contribution >= 0.6 is 11.3 Å². The molecule has 2 aromatic heterocycles. The molecule has 0 fully saturated rings. The quantitative estimate of drug-likeness (QED) is 0.259. The number of hydrogen-bond acceptors (Lipinski definition) is 7. The first-order valence-electron chi connectivity index (χ1n) is 12.6. The van der Waals surface area contributed by atoms with Crippen LogP contribution in [0.25, 0.3) is 10.2 Å². The molecule has 0 unspecified atom stereocenters. The average Bonchev–Trinajstić information content (AvgIpc) is 3.30. The number of carbonyl (C=O) groups is 1. The van der Waals surface area contributed by atoms with E-state index in [0.717, 1.165) is 40.8 Å². The highest BCUT2D eigenvalue weighted by atomic mass is 32.1. The van der Waals surface area contributed by atoms with Gasteiger partial charge in [0.2, 0.25) is 0 Å². The topological polar surface area (TPSA) is 94.8 Å². The molecule has 0 saturated heterocycles. The number of aryl methyl sites for hydroxylation is 1. The lowest BCUT2D eigenvalue weighted by molar-refractivity contribution is -0.123. The van der Waals surface area contributed by atoms with Crippen LogP contribution in [-0.2, 0) is 24.2 Å². The van der Waals surface area contributed by atoms with Crippen LogP contribution in [0.1, 0.15) is 47.9 Å². The summed E-state index contributed by atoms with van der Waals surface area (Å²) < 4.78 is 12.7. The minimum absolute atomic E-state index is 0.176.